The second kappa shape index (κ2) is 8.89. The van der Waals surface area contributed by atoms with Gasteiger partial charge in [-0.1, -0.05) is 0 Å². The topological polar surface area (TPSA) is 82.1 Å². The van der Waals surface area contributed by atoms with E-state index in [1.54, 1.807) is 13.8 Å². The summed E-state index contributed by atoms with van der Waals surface area (Å²) in [6, 6.07) is 3.67. The minimum Gasteiger partial charge on any atom is -0.494 e. The molecule has 3 rings (SSSR count). The van der Waals surface area contributed by atoms with Crippen molar-refractivity contribution >= 4 is 15.7 Å². The molecule has 0 radical (unpaired) electrons. The Labute approximate surface area is 183 Å². The molecule has 0 saturated carbocycles. The van der Waals surface area contributed by atoms with Gasteiger partial charge < -0.3 is 19.1 Å². The molecule has 2 aromatic carbocycles. The summed E-state index contributed by atoms with van der Waals surface area (Å²) in [7, 11) is -2.48. The number of nitrogens with zero attached hydrogens (tertiary/aromatic N) is 1. The summed E-state index contributed by atoms with van der Waals surface area (Å²) in [5.41, 5.74) is -0.0817. The molecule has 2 aromatic rings. The van der Waals surface area contributed by atoms with E-state index in [1.165, 1.54) is 24.1 Å². The molecule has 32 heavy (non-hydrogen) atoms. The normalized spacial score (nSPS) is 14.3. The van der Waals surface area contributed by atoms with Gasteiger partial charge in [0.2, 0.25) is 0 Å². The van der Waals surface area contributed by atoms with Crippen molar-refractivity contribution in [2.24, 2.45) is 0 Å². The molecule has 1 amide bonds. The number of sulfone groups is 1. The number of ether oxygens (including phenoxy) is 3. The van der Waals surface area contributed by atoms with Crippen molar-refractivity contribution in [1.82, 2.24) is 4.90 Å². The Morgan fingerprint density at radius 1 is 1.09 bits per heavy atom. The minimum absolute atomic E-state index is 0.0392. The highest BCUT2D eigenvalue weighted by Gasteiger charge is 2.38. The predicted molar refractivity (Wildman–Crippen MR) is 109 cm³/mol. The summed E-state index contributed by atoms with van der Waals surface area (Å²) in [6.07, 6.45) is -0.0688. The zero-order valence-electron chi connectivity index (χ0n) is 17.8. The van der Waals surface area contributed by atoms with Crippen LogP contribution < -0.4 is 14.2 Å². The Balaban J connectivity index is 1.87. The standard InChI is InChI=1S/C21H22F3NO6S/c1-11(2)30-16-5-6-17(32(4,27)28)20(29-3)18(16)21(26)25-9-13(10-25)31-19-14(23)7-12(22)8-15(19)24/h5-8,11,13H,9-10H2,1-4H3. The summed E-state index contributed by atoms with van der Waals surface area (Å²) in [5.74, 6) is -4.81. The molecule has 0 aromatic heterocycles. The van der Waals surface area contributed by atoms with E-state index in [2.05, 4.69) is 0 Å². The van der Waals surface area contributed by atoms with Crippen LogP contribution in [0.4, 0.5) is 13.2 Å². The van der Waals surface area contributed by atoms with E-state index < -0.39 is 45.0 Å². The van der Waals surface area contributed by atoms with Gasteiger partial charge in [-0.05, 0) is 26.0 Å². The van der Waals surface area contributed by atoms with Gasteiger partial charge in [-0.15, -0.1) is 0 Å². The van der Waals surface area contributed by atoms with Gasteiger partial charge in [0.1, 0.15) is 28.1 Å². The fraction of sp³-hybridized carbons (Fsp3) is 0.381. The molecule has 0 N–H and O–H groups in total. The first-order chi connectivity index (χ1) is 14.9. The van der Waals surface area contributed by atoms with E-state index in [9.17, 15) is 26.4 Å². The number of carbonyl (C=O) groups excluding carboxylic acids is 1. The molecule has 1 heterocycles. The number of carbonyl (C=O) groups is 1. The fourth-order valence-electron chi connectivity index (χ4n) is 3.24. The molecule has 7 nitrogen and oxygen atoms in total. The van der Waals surface area contributed by atoms with Gasteiger partial charge in [-0.25, -0.2) is 21.6 Å². The maximum absolute atomic E-state index is 13.8. The fourth-order valence-corrected chi connectivity index (χ4v) is 4.08. The molecule has 0 atom stereocenters. The number of hydrogen-bond acceptors (Lipinski definition) is 6. The van der Waals surface area contributed by atoms with Crippen LogP contribution in [0.5, 0.6) is 17.2 Å². The molecule has 174 valence electrons. The largest absolute Gasteiger partial charge is 0.494 e. The smallest absolute Gasteiger partial charge is 0.261 e. The van der Waals surface area contributed by atoms with Gasteiger partial charge in [0.25, 0.3) is 5.91 Å². The first-order valence-electron chi connectivity index (χ1n) is 9.60. The third kappa shape index (κ3) is 4.77. The quantitative estimate of drug-likeness (QED) is 0.614. The van der Waals surface area contributed by atoms with Crippen LogP contribution >= 0.6 is 0 Å². The molecule has 0 unspecified atom stereocenters. The molecule has 0 spiro atoms. The lowest BCUT2D eigenvalue weighted by Gasteiger charge is -2.39. The van der Waals surface area contributed by atoms with Gasteiger partial charge in [-0.2, -0.15) is 0 Å². The number of benzene rings is 2. The number of amides is 1. The Kier molecular flexibility index (Phi) is 6.59. The van der Waals surface area contributed by atoms with Crippen molar-refractivity contribution in [1.29, 1.82) is 0 Å². The van der Waals surface area contributed by atoms with E-state index in [1.807, 2.05) is 0 Å². The van der Waals surface area contributed by atoms with Gasteiger partial charge in [-0.3, -0.25) is 4.79 Å². The van der Waals surface area contributed by atoms with Crippen LogP contribution in [0, 0.1) is 17.5 Å². The van der Waals surface area contributed by atoms with Gasteiger partial charge >= 0.3 is 0 Å². The van der Waals surface area contributed by atoms with Crippen LogP contribution in [0.25, 0.3) is 0 Å². The van der Waals surface area contributed by atoms with Crippen LogP contribution in [-0.2, 0) is 9.84 Å². The summed E-state index contributed by atoms with van der Waals surface area (Å²) >= 11 is 0. The third-order valence-electron chi connectivity index (χ3n) is 4.65. The van der Waals surface area contributed by atoms with Crippen molar-refractivity contribution in [3.63, 3.8) is 0 Å². The van der Waals surface area contributed by atoms with Crippen LogP contribution in [0.15, 0.2) is 29.2 Å². The van der Waals surface area contributed by atoms with E-state index in [4.69, 9.17) is 14.2 Å². The maximum atomic E-state index is 13.8. The number of halogens is 3. The summed E-state index contributed by atoms with van der Waals surface area (Å²) in [4.78, 5) is 14.3. The molecule has 0 bridgehead atoms. The Morgan fingerprint density at radius 3 is 2.19 bits per heavy atom. The van der Waals surface area contributed by atoms with E-state index in [0.717, 1.165) is 6.26 Å². The van der Waals surface area contributed by atoms with Crippen LogP contribution in [0.1, 0.15) is 24.2 Å². The SMILES string of the molecule is COc1c(S(C)(=O)=O)ccc(OC(C)C)c1C(=O)N1CC(Oc2c(F)cc(F)cc2F)C1. The first kappa shape index (κ1) is 23.7. The average molecular weight is 473 g/mol. The molecular weight excluding hydrogens is 451 g/mol. The molecular formula is C21H22F3NO6S. The van der Waals surface area contributed by atoms with Crippen molar-refractivity contribution in [2.45, 2.75) is 31.0 Å². The zero-order valence-corrected chi connectivity index (χ0v) is 18.6. The van der Waals surface area contributed by atoms with E-state index in [0.29, 0.717) is 12.1 Å². The van der Waals surface area contributed by atoms with Gasteiger partial charge in [0.15, 0.2) is 33.0 Å². The first-order valence-corrected chi connectivity index (χ1v) is 11.5. The van der Waals surface area contributed by atoms with Crippen molar-refractivity contribution in [3.8, 4) is 17.2 Å². The number of rotatable bonds is 7. The predicted octanol–water partition coefficient (Wildman–Crippen LogP) is 3.21. The lowest BCUT2D eigenvalue weighted by atomic mass is 10.1. The Bertz CT molecular complexity index is 1120. The number of likely N-dealkylation sites (tertiary alicyclic amines) is 1. The molecule has 1 fully saturated rings. The average Bonchev–Trinajstić information content (AvgIpc) is 2.63. The third-order valence-corrected chi connectivity index (χ3v) is 5.77. The van der Waals surface area contributed by atoms with E-state index in [-0.39, 0.29) is 41.2 Å². The molecule has 0 aliphatic carbocycles. The number of hydrogen-bond donors (Lipinski definition) is 0. The van der Waals surface area contributed by atoms with Crippen LogP contribution in [-0.4, -0.2) is 57.9 Å². The molecule has 1 aliphatic heterocycles. The van der Waals surface area contributed by atoms with Crippen molar-refractivity contribution < 1.29 is 40.6 Å². The zero-order chi connectivity index (χ0) is 23.8. The second-order valence-electron chi connectivity index (χ2n) is 7.56. The summed E-state index contributed by atoms with van der Waals surface area (Å²) < 4.78 is 81.2. The second-order valence-corrected chi connectivity index (χ2v) is 9.54. The van der Waals surface area contributed by atoms with Crippen molar-refractivity contribution in [3.05, 3.63) is 47.3 Å². The van der Waals surface area contributed by atoms with Crippen LogP contribution in [0.3, 0.4) is 0 Å². The van der Waals surface area contributed by atoms with Crippen molar-refractivity contribution in [2.75, 3.05) is 26.5 Å². The van der Waals surface area contributed by atoms with Gasteiger partial charge in [0.05, 0.1) is 26.3 Å². The molecule has 1 aliphatic rings. The lowest BCUT2D eigenvalue weighted by Crippen LogP contribution is -2.56. The van der Waals surface area contributed by atoms with Gasteiger partial charge in [0, 0.05) is 18.4 Å². The summed E-state index contributed by atoms with van der Waals surface area (Å²) in [5, 5.41) is 0. The lowest BCUT2D eigenvalue weighted by molar-refractivity contribution is 0.0141. The van der Waals surface area contributed by atoms with E-state index >= 15 is 0 Å². The highest BCUT2D eigenvalue weighted by atomic mass is 32.2. The Hall–Kier alpha value is -2.95. The summed E-state index contributed by atoms with van der Waals surface area (Å²) in [6.45, 7) is 3.40. The monoisotopic (exact) mass is 473 g/mol. The Morgan fingerprint density at radius 2 is 1.69 bits per heavy atom. The van der Waals surface area contributed by atoms with Crippen LogP contribution in [0.2, 0.25) is 0 Å². The molecule has 1 saturated heterocycles. The molecule has 11 heteroatoms. The highest BCUT2D eigenvalue weighted by Crippen LogP contribution is 2.37. The minimum atomic E-state index is -3.72. The highest BCUT2D eigenvalue weighted by molar-refractivity contribution is 7.90. The number of methoxy groups -OCH3 is 1. The maximum Gasteiger partial charge on any atom is 0.261 e.